The zero-order valence-electron chi connectivity index (χ0n) is 16.3. The lowest BCUT2D eigenvalue weighted by Gasteiger charge is -2.17. The van der Waals surface area contributed by atoms with Crippen molar-refractivity contribution in [3.63, 3.8) is 0 Å². The SMILES string of the molecule is CCOC(=O)CC1C[C@@H](CC)[C@@H](c2nc(C(F)(F)F)c3cnc4[nH]ccc4n23)C1. The van der Waals surface area contributed by atoms with Crippen LogP contribution in [0.5, 0.6) is 0 Å². The Balaban J connectivity index is 1.80. The molecule has 0 aromatic carbocycles. The van der Waals surface area contributed by atoms with Crippen molar-refractivity contribution in [1.82, 2.24) is 19.4 Å². The van der Waals surface area contributed by atoms with E-state index in [2.05, 4.69) is 15.0 Å². The molecule has 9 heteroatoms. The van der Waals surface area contributed by atoms with Crippen LogP contribution in [0, 0.1) is 11.8 Å². The maximum atomic E-state index is 13.7. The first kappa shape index (κ1) is 19.7. The number of alkyl halides is 3. The summed E-state index contributed by atoms with van der Waals surface area (Å²) in [6.45, 7) is 4.11. The molecule has 0 aliphatic heterocycles. The first-order valence-electron chi connectivity index (χ1n) is 9.90. The fraction of sp³-hybridized carbons (Fsp3) is 0.550. The normalized spacial score (nSPS) is 22.6. The third kappa shape index (κ3) is 3.47. The molecule has 0 amide bonds. The topological polar surface area (TPSA) is 72.3 Å². The summed E-state index contributed by atoms with van der Waals surface area (Å²) in [7, 11) is 0. The second-order valence-electron chi connectivity index (χ2n) is 7.63. The van der Waals surface area contributed by atoms with Gasteiger partial charge in [0.2, 0.25) is 0 Å². The quantitative estimate of drug-likeness (QED) is 0.621. The lowest BCUT2D eigenvalue weighted by molar-refractivity contribution is -0.144. The number of esters is 1. The Morgan fingerprint density at radius 2 is 2.10 bits per heavy atom. The number of carbonyl (C=O) groups is 1. The highest BCUT2D eigenvalue weighted by atomic mass is 19.4. The number of nitrogens with one attached hydrogen (secondary N) is 1. The molecule has 156 valence electrons. The van der Waals surface area contributed by atoms with Crippen molar-refractivity contribution in [2.45, 2.75) is 51.6 Å². The van der Waals surface area contributed by atoms with E-state index in [4.69, 9.17) is 4.74 Å². The number of halogens is 3. The largest absolute Gasteiger partial charge is 0.466 e. The van der Waals surface area contributed by atoms with E-state index in [1.807, 2.05) is 6.92 Å². The van der Waals surface area contributed by atoms with E-state index in [-0.39, 0.29) is 35.7 Å². The summed E-state index contributed by atoms with van der Waals surface area (Å²) in [5.74, 6) is 0.216. The van der Waals surface area contributed by atoms with Gasteiger partial charge in [0.05, 0.1) is 23.8 Å². The summed E-state index contributed by atoms with van der Waals surface area (Å²) in [5, 5.41) is 0. The Morgan fingerprint density at radius 3 is 2.79 bits per heavy atom. The van der Waals surface area contributed by atoms with E-state index in [0.29, 0.717) is 30.0 Å². The molecule has 0 saturated heterocycles. The van der Waals surface area contributed by atoms with Crippen LogP contribution in [0.4, 0.5) is 13.2 Å². The zero-order chi connectivity index (χ0) is 20.8. The smallest absolute Gasteiger partial charge is 0.435 e. The third-order valence-electron chi connectivity index (χ3n) is 5.88. The lowest BCUT2D eigenvalue weighted by Crippen LogP contribution is -2.10. The average Bonchev–Trinajstić information content (AvgIpc) is 3.36. The highest BCUT2D eigenvalue weighted by Crippen LogP contribution is 2.47. The van der Waals surface area contributed by atoms with E-state index in [0.717, 1.165) is 12.8 Å². The monoisotopic (exact) mass is 408 g/mol. The molecule has 1 saturated carbocycles. The van der Waals surface area contributed by atoms with Gasteiger partial charge in [-0.05, 0) is 37.7 Å². The number of hydrogen-bond donors (Lipinski definition) is 1. The van der Waals surface area contributed by atoms with Gasteiger partial charge in [0.25, 0.3) is 0 Å². The second kappa shape index (κ2) is 7.35. The molecule has 29 heavy (non-hydrogen) atoms. The Hall–Kier alpha value is -2.58. The van der Waals surface area contributed by atoms with Gasteiger partial charge in [-0.3, -0.25) is 9.20 Å². The van der Waals surface area contributed by atoms with Crippen molar-refractivity contribution in [2.24, 2.45) is 11.8 Å². The van der Waals surface area contributed by atoms with Crippen molar-refractivity contribution >= 4 is 22.6 Å². The number of aromatic amines is 1. The van der Waals surface area contributed by atoms with Gasteiger partial charge in [-0.2, -0.15) is 13.2 Å². The fourth-order valence-electron chi connectivity index (χ4n) is 4.67. The predicted octanol–water partition coefficient (Wildman–Crippen LogP) is 4.70. The van der Waals surface area contributed by atoms with Crippen molar-refractivity contribution in [2.75, 3.05) is 6.61 Å². The van der Waals surface area contributed by atoms with Gasteiger partial charge in [0, 0.05) is 18.5 Å². The minimum atomic E-state index is -4.57. The number of rotatable bonds is 5. The molecular weight excluding hydrogens is 385 g/mol. The molecule has 1 unspecified atom stereocenters. The molecule has 1 aliphatic rings. The van der Waals surface area contributed by atoms with E-state index < -0.39 is 11.9 Å². The van der Waals surface area contributed by atoms with E-state index in [1.165, 1.54) is 6.20 Å². The van der Waals surface area contributed by atoms with Crippen molar-refractivity contribution in [3.05, 3.63) is 30.0 Å². The van der Waals surface area contributed by atoms with E-state index in [1.54, 1.807) is 23.6 Å². The number of carbonyl (C=O) groups excluding carboxylic acids is 1. The molecule has 4 rings (SSSR count). The summed E-state index contributed by atoms with van der Waals surface area (Å²) in [5.41, 5.74) is 0.137. The number of hydrogen-bond acceptors (Lipinski definition) is 4. The number of H-pyrrole nitrogens is 1. The standard InChI is InChI=1S/C20H23F3N4O2/c1-3-12-7-11(9-16(28)29-4-2)8-13(12)19-26-17(20(21,22)23)15-10-25-18-14(27(15)19)5-6-24-18/h5-6,10-13,24H,3-4,7-9H2,1-2H3/t11?,12-,13+/m1/s1. The van der Waals surface area contributed by atoms with Gasteiger partial charge in [0.1, 0.15) is 5.82 Å². The third-order valence-corrected chi connectivity index (χ3v) is 5.88. The van der Waals surface area contributed by atoms with Crippen LogP contribution >= 0.6 is 0 Å². The molecule has 1 fully saturated rings. The molecule has 0 spiro atoms. The van der Waals surface area contributed by atoms with E-state index >= 15 is 0 Å². The van der Waals surface area contributed by atoms with Gasteiger partial charge < -0.3 is 9.72 Å². The van der Waals surface area contributed by atoms with Crippen molar-refractivity contribution < 1.29 is 22.7 Å². The molecule has 1 aliphatic carbocycles. The molecule has 3 atom stereocenters. The first-order valence-corrected chi connectivity index (χ1v) is 9.90. The Bertz CT molecular complexity index is 1040. The molecule has 6 nitrogen and oxygen atoms in total. The number of imidazole rings is 1. The number of ether oxygens (including phenoxy) is 1. The Labute approximate surface area is 165 Å². The second-order valence-corrected chi connectivity index (χ2v) is 7.63. The summed E-state index contributed by atoms with van der Waals surface area (Å²) >= 11 is 0. The summed E-state index contributed by atoms with van der Waals surface area (Å²) < 4.78 is 47.7. The van der Waals surface area contributed by atoms with Gasteiger partial charge in [-0.15, -0.1) is 0 Å². The number of nitrogens with zero attached hydrogens (tertiary/aromatic N) is 3. The van der Waals surface area contributed by atoms with Crippen LogP contribution in [0.25, 0.3) is 16.7 Å². The first-order chi connectivity index (χ1) is 13.8. The van der Waals surface area contributed by atoms with Gasteiger partial charge in [0.15, 0.2) is 11.3 Å². The minimum absolute atomic E-state index is 0.0386. The van der Waals surface area contributed by atoms with Crippen LogP contribution in [0.1, 0.15) is 57.0 Å². The minimum Gasteiger partial charge on any atom is -0.466 e. The van der Waals surface area contributed by atoms with Crippen LogP contribution < -0.4 is 0 Å². The summed E-state index contributed by atoms with van der Waals surface area (Å²) in [6, 6.07) is 1.71. The molecule has 1 N–H and O–H groups in total. The predicted molar refractivity (Wildman–Crippen MR) is 100 cm³/mol. The Morgan fingerprint density at radius 1 is 1.31 bits per heavy atom. The molecule has 3 aromatic heterocycles. The molecule has 0 bridgehead atoms. The van der Waals surface area contributed by atoms with Gasteiger partial charge >= 0.3 is 12.1 Å². The average molecular weight is 408 g/mol. The van der Waals surface area contributed by atoms with Crippen molar-refractivity contribution in [3.8, 4) is 0 Å². The highest BCUT2D eigenvalue weighted by molar-refractivity contribution is 5.76. The Kier molecular flexibility index (Phi) is 5.00. The van der Waals surface area contributed by atoms with Crippen molar-refractivity contribution in [1.29, 1.82) is 0 Å². The molecule has 3 heterocycles. The fourth-order valence-corrected chi connectivity index (χ4v) is 4.67. The number of aromatic nitrogens is 4. The summed E-state index contributed by atoms with van der Waals surface area (Å²) in [6.07, 6.45) is 0.798. The number of fused-ring (bicyclic) bond motifs is 3. The zero-order valence-corrected chi connectivity index (χ0v) is 16.3. The molecule has 3 aromatic rings. The van der Waals surface area contributed by atoms with Crippen LogP contribution in [0.2, 0.25) is 0 Å². The van der Waals surface area contributed by atoms with Crippen LogP contribution in [-0.2, 0) is 15.7 Å². The molecule has 0 radical (unpaired) electrons. The van der Waals surface area contributed by atoms with E-state index in [9.17, 15) is 18.0 Å². The van der Waals surface area contributed by atoms with Crippen LogP contribution in [-0.4, -0.2) is 31.9 Å². The maximum absolute atomic E-state index is 13.7. The van der Waals surface area contributed by atoms with Gasteiger partial charge in [-0.1, -0.05) is 13.3 Å². The summed E-state index contributed by atoms with van der Waals surface area (Å²) in [4.78, 5) is 23.1. The van der Waals surface area contributed by atoms with Crippen LogP contribution in [0.3, 0.4) is 0 Å². The molecular formula is C20H23F3N4O2. The van der Waals surface area contributed by atoms with Gasteiger partial charge in [-0.25, -0.2) is 9.97 Å². The maximum Gasteiger partial charge on any atom is 0.435 e. The lowest BCUT2D eigenvalue weighted by atomic mass is 9.93. The van der Waals surface area contributed by atoms with Crippen LogP contribution in [0.15, 0.2) is 18.5 Å². The highest BCUT2D eigenvalue weighted by Gasteiger charge is 2.42.